The minimum absolute atomic E-state index is 0.921. The monoisotopic (exact) mass is 296 g/mol. The molecule has 2 heterocycles. The third-order valence-corrected chi connectivity index (χ3v) is 4.41. The first-order valence-corrected chi connectivity index (χ1v) is 8.14. The molecule has 22 heavy (non-hydrogen) atoms. The van der Waals surface area contributed by atoms with Crippen molar-refractivity contribution in [3.63, 3.8) is 0 Å². The molecule has 1 aromatic heterocycles. The van der Waals surface area contributed by atoms with Gasteiger partial charge in [0.2, 0.25) is 0 Å². The zero-order chi connectivity index (χ0) is 15.4. The van der Waals surface area contributed by atoms with Crippen LogP contribution in [0.3, 0.4) is 0 Å². The molecule has 0 N–H and O–H groups in total. The molecule has 0 aliphatic carbocycles. The van der Waals surface area contributed by atoms with Gasteiger partial charge in [-0.3, -0.25) is 4.98 Å². The first kappa shape index (κ1) is 14.9. The van der Waals surface area contributed by atoms with E-state index in [9.17, 15) is 0 Å². The molecule has 0 bridgehead atoms. The fraction of sp³-hybridized carbons (Fsp3) is 0.421. The van der Waals surface area contributed by atoms with E-state index in [1.165, 1.54) is 31.4 Å². The van der Waals surface area contributed by atoms with Crippen LogP contribution in [0.1, 0.15) is 31.2 Å². The molecule has 1 fully saturated rings. The molecule has 1 aromatic carbocycles. The fourth-order valence-corrected chi connectivity index (χ4v) is 3.15. The summed E-state index contributed by atoms with van der Waals surface area (Å²) in [4.78, 5) is 7.15. The van der Waals surface area contributed by atoms with Gasteiger partial charge in [0.15, 0.2) is 0 Å². The first-order valence-electron chi connectivity index (χ1n) is 8.14. The van der Waals surface area contributed by atoms with Gasteiger partial charge in [-0.15, -0.1) is 0 Å². The van der Waals surface area contributed by atoms with Gasteiger partial charge in [0.25, 0.3) is 0 Å². The van der Waals surface area contributed by atoms with E-state index in [1.807, 2.05) is 12.3 Å². The Bertz CT molecular complexity index is 631. The van der Waals surface area contributed by atoms with Crippen LogP contribution in [-0.2, 0) is 0 Å². The molecule has 0 radical (unpaired) electrons. The van der Waals surface area contributed by atoms with Gasteiger partial charge in [-0.2, -0.15) is 0 Å². The van der Waals surface area contributed by atoms with E-state index in [4.69, 9.17) is 4.74 Å². The highest BCUT2D eigenvalue weighted by atomic mass is 16.5. The number of aryl methyl sites for hydroxylation is 1. The second-order valence-corrected chi connectivity index (χ2v) is 5.96. The van der Waals surface area contributed by atoms with Gasteiger partial charge < -0.3 is 9.64 Å². The fourth-order valence-electron chi connectivity index (χ4n) is 3.15. The zero-order valence-corrected chi connectivity index (χ0v) is 13.5. The predicted octanol–water partition coefficient (Wildman–Crippen LogP) is 4.45. The van der Waals surface area contributed by atoms with Crippen LogP contribution in [0.2, 0.25) is 0 Å². The lowest BCUT2D eigenvalue weighted by Gasteiger charge is -2.25. The van der Waals surface area contributed by atoms with Gasteiger partial charge in [-0.25, -0.2) is 0 Å². The maximum absolute atomic E-state index is 5.47. The van der Waals surface area contributed by atoms with Crippen LogP contribution in [0.15, 0.2) is 36.5 Å². The lowest BCUT2D eigenvalue weighted by Crippen LogP contribution is -2.24. The van der Waals surface area contributed by atoms with Crippen molar-refractivity contribution in [1.29, 1.82) is 0 Å². The SMILES string of the molecule is COc1cc(-c2ncccc2N2CCCCCC2)ccc1C. The minimum atomic E-state index is 0.921. The van der Waals surface area contributed by atoms with Crippen LogP contribution >= 0.6 is 0 Å². The second-order valence-electron chi connectivity index (χ2n) is 5.96. The summed E-state index contributed by atoms with van der Waals surface area (Å²) in [7, 11) is 1.72. The van der Waals surface area contributed by atoms with Crippen molar-refractivity contribution < 1.29 is 4.74 Å². The molecule has 1 aliphatic rings. The topological polar surface area (TPSA) is 25.4 Å². The quantitative estimate of drug-likeness (QED) is 0.837. The summed E-state index contributed by atoms with van der Waals surface area (Å²) in [6, 6.07) is 10.6. The Morgan fingerprint density at radius 2 is 1.82 bits per heavy atom. The van der Waals surface area contributed by atoms with Crippen molar-refractivity contribution in [1.82, 2.24) is 4.98 Å². The number of hydrogen-bond acceptors (Lipinski definition) is 3. The highest BCUT2D eigenvalue weighted by Gasteiger charge is 2.16. The van der Waals surface area contributed by atoms with Crippen LogP contribution in [0.25, 0.3) is 11.3 Å². The number of ether oxygens (including phenoxy) is 1. The molecule has 116 valence electrons. The average Bonchev–Trinajstić information content (AvgIpc) is 2.84. The summed E-state index contributed by atoms with van der Waals surface area (Å²) in [5.74, 6) is 0.921. The molecular weight excluding hydrogens is 272 g/mol. The molecule has 1 aliphatic heterocycles. The molecule has 2 aromatic rings. The summed E-state index contributed by atoms with van der Waals surface area (Å²) >= 11 is 0. The minimum Gasteiger partial charge on any atom is -0.496 e. The number of pyridine rings is 1. The number of hydrogen-bond donors (Lipinski definition) is 0. The molecule has 0 amide bonds. The summed E-state index contributed by atoms with van der Waals surface area (Å²) in [6.45, 7) is 4.32. The number of methoxy groups -OCH3 is 1. The number of aromatic nitrogens is 1. The Labute approximate surface area is 132 Å². The molecular formula is C19H24N2O. The molecule has 1 saturated heterocycles. The Kier molecular flexibility index (Phi) is 4.62. The predicted molar refractivity (Wildman–Crippen MR) is 91.6 cm³/mol. The van der Waals surface area contributed by atoms with Gasteiger partial charge in [0.1, 0.15) is 5.75 Å². The van der Waals surface area contributed by atoms with Gasteiger partial charge in [-0.1, -0.05) is 25.0 Å². The van der Waals surface area contributed by atoms with Gasteiger partial charge in [0, 0.05) is 24.8 Å². The largest absolute Gasteiger partial charge is 0.496 e. The van der Waals surface area contributed by atoms with Crippen LogP contribution in [0, 0.1) is 6.92 Å². The van der Waals surface area contributed by atoms with Crippen molar-refractivity contribution >= 4 is 5.69 Å². The number of anilines is 1. The highest BCUT2D eigenvalue weighted by molar-refractivity contribution is 5.76. The number of rotatable bonds is 3. The van der Waals surface area contributed by atoms with E-state index < -0.39 is 0 Å². The smallest absolute Gasteiger partial charge is 0.122 e. The van der Waals surface area contributed by atoms with Gasteiger partial charge in [0.05, 0.1) is 18.5 Å². The maximum atomic E-state index is 5.47. The molecule has 3 nitrogen and oxygen atoms in total. The maximum Gasteiger partial charge on any atom is 0.122 e. The standard InChI is InChI=1S/C19H24N2O/c1-15-9-10-16(14-18(15)22-2)19-17(8-7-11-20-19)21-12-5-3-4-6-13-21/h7-11,14H,3-6,12-13H2,1-2H3. The van der Waals surface area contributed by atoms with E-state index in [2.05, 4.69) is 41.1 Å². The third kappa shape index (κ3) is 3.08. The molecule has 0 spiro atoms. The third-order valence-electron chi connectivity index (χ3n) is 4.41. The van der Waals surface area contributed by atoms with Crippen molar-refractivity contribution in [2.24, 2.45) is 0 Å². The van der Waals surface area contributed by atoms with E-state index >= 15 is 0 Å². The number of nitrogens with zero attached hydrogens (tertiary/aromatic N) is 2. The Morgan fingerprint density at radius 3 is 2.55 bits per heavy atom. The van der Waals surface area contributed by atoms with E-state index in [-0.39, 0.29) is 0 Å². The first-order chi connectivity index (χ1) is 10.8. The van der Waals surface area contributed by atoms with Crippen LogP contribution in [0.5, 0.6) is 5.75 Å². The summed E-state index contributed by atoms with van der Waals surface area (Å²) < 4.78 is 5.47. The lowest BCUT2D eigenvalue weighted by atomic mass is 10.1. The van der Waals surface area contributed by atoms with Crippen molar-refractivity contribution in [2.75, 3.05) is 25.1 Å². The Morgan fingerprint density at radius 1 is 1.05 bits per heavy atom. The van der Waals surface area contributed by atoms with Crippen molar-refractivity contribution in [3.8, 4) is 17.0 Å². The Balaban J connectivity index is 2.00. The van der Waals surface area contributed by atoms with Gasteiger partial charge in [-0.05, 0) is 43.5 Å². The van der Waals surface area contributed by atoms with E-state index in [0.717, 1.165) is 35.7 Å². The van der Waals surface area contributed by atoms with Crippen molar-refractivity contribution in [3.05, 3.63) is 42.1 Å². The van der Waals surface area contributed by atoms with Crippen molar-refractivity contribution in [2.45, 2.75) is 32.6 Å². The van der Waals surface area contributed by atoms with Gasteiger partial charge >= 0.3 is 0 Å². The number of benzene rings is 1. The lowest BCUT2D eigenvalue weighted by molar-refractivity contribution is 0.412. The highest BCUT2D eigenvalue weighted by Crippen LogP contribution is 2.33. The van der Waals surface area contributed by atoms with E-state index in [1.54, 1.807) is 7.11 Å². The van der Waals surface area contributed by atoms with Crippen LogP contribution in [-0.4, -0.2) is 25.2 Å². The zero-order valence-electron chi connectivity index (χ0n) is 13.5. The Hall–Kier alpha value is -2.03. The average molecular weight is 296 g/mol. The summed E-state index contributed by atoms with van der Waals surface area (Å²) in [6.07, 6.45) is 7.09. The second kappa shape index (κ2) is 6.82. The molecule has 0 atom stereocenters. The van der Waals surface area contributed by atoms with E-state index in [0.29, 0.717) is 0 Å². The van der Waals surface area contributed by atoms with Crippen LogP contribution in [0.4, 0.5) is 5.69 Å². The molecule has 3 heteroatoms. The summed E-state index contributed by atoms with van der Waals surface area (Å²) in [5.41, 5.74) is 4.58. The molecule has 0 saturated carbocycles. The molecule has 3 rings (SSSR count). The van der Waals surface area contributed by atoms with Crippen LogP contribution < -0.4 is 9.64 Å². The normalized spacial score (nSPS) is 15.5. The summed E-state index contributed by atoms with van der Waals surface area (Å²) in [5, 5.41) is 0. The molecule has 0 unspecified atom stereocenters.